The fraction of sp³-hybridized carbons (Fsp3) is 0.400. The monoisotopic (exact) mass is 260 g/mol. The summed E-state index contributed by atoms with van der Waals surface area (Å²) in [6, 6.07) is 8.53. The molecule has 3 heteroatoms. The first-order chi connectivity index (χ1) is 8.65. The van der Waals surface area contributed by atoms with Crippen LogP contribution in [0.3, 0.4) is 0 Å². The first-order valence-corrected chi connectivity index (χ1v) is 7.25. The van der Waals surface area contributed by atoms with Crippen LogP contribution in [0, 0.1) is 12.8 Å². The maximum atomic E-state index is 4.66. The number of nitrogens with one attached hydrogen (secondary N) is 1. The summed E-state index contributed by atoms with van der Waals surface area (Å²) in [6.45, 7) is 8.44. The molecule has 2 rings (SSSR count). The summed E-state index contributed by atoms with van der Waals surface area (Å²) in [6.07, 6.45) is 0. The standard InChI is InChI=1S/C15H20N2S/c1-11(2)8-16-9-15-17-14(10-18-15)13-6-4-12(3)5-7-13/h4-7,10-11,16H,8-9H2,1-3H3. The number of hydrogen-bond donors (Lipinski definition) is 1. The Morgan fingerprint density at radius 2 is 1.94 bits per heavy atom. The average Bonchev–Trinajstić information content (AvgIpc) is 2.78. The van der Waals surface area contributed by atoms with Crippen molar-refractivity contribution < 1.29 is 0 Å². The van der Waals surface area contributed by atoms with E-state index >= 15 is 0 Å². The first-order valence-electron chi connectivity index (χ1n) is 6.37. The van der Waals surface area contributed by atoms with Gasteiger partial charge in [0.1, 0.15) is 5.01 Å². The van der Waals surface area contributed by atoms with Gasteiger partial charge in [-0.1, -0.05) is 43.7 Å². The van der Waals surface area contributed by atoms with Gasteiger partial charge in [-0.2, -0.15) is 0 Å². The molecule has 0 radical (unpaired) electrons. The summed E-state index contributed by atoms with van der Waals surface area (Å²) in [5.41, 5.74) is 3.57. The molecule has 1 aromatic carbocycles. The van der Waals surface area contributed by atoms with Crippen molar-refractivity contribution in [1.82, 2.24) is 10.3 Å². The van der Waals surface area contributed by atoms with E-state index in [1.165, 1.54) is 11.1 Å². The largest absolute Gasteiger partial charge is 0.310 e. The zero-order valence-corrected chi connectivity index (χ0v) is 12.1. The van der Waals surface area contributed by atoms with Gasteiger partial charge in [-0.05, 0) is 19.4 Å². The summed E-state index contributed by atoms with van der Waals surface area (Å²) >= 11 is 1.73. The van der Waals surface area contributed by atoms with E-state index in [9.17, 15) is 0 Å². The lowest BCUT2D eigenvalue weighted by Gasteiger charge is -2.04. The number of rotatable bonds is 5. The first kappa shape index (κ1) is 13.2. The predicted octanol–water partition coefficient (Wildman–Crippen LogP) is 3.86. The lowest BCUT2D eigenvalue weighted by Crippen LogP contribution is -2.18. The molecular weight excluding hydrogens is 240 g/mol. The highest BCUT2D eigenvalue weighted by Gasteiger charge is 2.04. The number of aryl methyl sites for hydroxylation is 1. The van der Waals surface area contributed by atoms with E-state index in [4.69, 9.17) is 0 Å². The molecule has 2 aromatic rings. The van der Waals surface area contributed by atoms with Crippen LogP contribution in [0.25, 0.3) is 11.3 Å². The van der Waals surface area contributed by atoms with E-state index in [2.05, 4.69) is 60.7 Å². The molecule has 0 bridgehead atoms. The second kappa shape index (κ2) is 6.12. The van der Waals surface area contributed by atoms with E-state index in [1.807, 2.05) is 0 Å². The Labute approximate surface area is 113 Å². The van der Waals surface area contributed by atoms with E-state index in [0.717, 1.165) is 23.8 Å². The Hall–Kier alpha value is -1.19. The van der Waals surface area contributed by atoms with E-state index < -0.39 is 0 Å². The van der Waals surface area contributed by atoms with Gasteiger partial charge in [0.2, 0.25) is 0 Å². The lowest BCUT2D eigenvalue weighted by atomic mass is 10.1. The maximum absolute atomic E-state index is 4.66. The van der Waals surface area contributed by atoms with Gasteiger partial charge >= 0.3 is 0 Å². The van der Waals surface area contributed by atoms with E-state index in [-0.39, 0.29) is 0 Å². The molecule has 0 saturated carbocycles. The van der Waals surface area contributed by atoms with Crippen LogP contribution in [0.1, 0.15) is 24.4 Å². The molecular formula is C15H20N2S. The molecule has 0 aliphatic rings. The fourth-order valence-corrected chi connectivity index (χ4v) is 2.49. The van der Waals surface area contributed by atoms with Gasteiger partial charge in [-0.15, -0.1) is 11.3 Å². The zero-order chi connectivity index (χ0) is 13.0. The number of benzene rings is 1. The van der Waals surface area contributed by atoms with Crippen molar-refractivity contribution in [3.05, 3.63) is 40.2 Å². The second-order valence-electron chi connectivity index (χ2n) is 5.02. The highest BCUT2D eigenvalue weighted by Crippen LogP contribution is 2.22. The highest BCUT2D eigenvalue weighted by molar-refractivity contribution is 7.09. The Kier molecular flexibility index (Phi) is 4.50. The number of thiazole rings is 1. The Balaban J connectivity index is 1.99. The van der Waals surface area contributed by atoms with Gasteiger partial charge in [0.15, 0.2) is 0 Å². The molecule has 96 valence electrons. The molecule has 0 atom stereocenters. The van der Waals surface area contributed by atoms with Crippen molar-refractivity contribution in [2.45, 2.75) is 27.3 Å². The summed E-state index contributed by atoms with van der Waals surface area (Å²) in [7, 11) is 0. The maximum Gasteiger partial charge on any atom is 0.107 e. The minimum absolute atomic E-state index is 0.682. The second-order valence-corrected chi connectivity index (χ2v) is 5.96. The van der Waals surface area contributed by atoms with Crippen LogP contribution in [0.15, 0.2) is 29.6 Å². The van der Waals surface area contributed by atoms with E-state index in [0.29, 0.717) is 5.92 Å². The van der Waals surface area contributed by atoms with Crippen molar-refractivity contribution in [2.24, 2.45) is 5.92 Å². The molecule has 0 aliphatic carbocycles. The van der Waals surface area contributed by atoms with Crippen LogP contribution in [-0.4, -0.2) is 11.5 Å². The summed E-state index contributed by atoms with van der Waals surface area (Å²) in [5.74, 6) is 0.682. The van der Waals surface area contributed by atoms with Crippen LogP contribution in [0.2, 0.25) is 0 Å². The predicted molar refractivity (Wildman–Crippen MR) is 78.8 cm³/mol. The van der Waals surface area contributed by atoms with Gasteiger partial charge in [0, 0.05) is 17.5 Å². The minimum atomic E-state index is 0.682. The Morgan fingerprint density at radius 1 is 1.22 bits per heavy atom. The third-order valence-electron chi connectivity index (χ3n) is 2.73. The topological polar surface area (TPSA) is 24.9 Å². The lowest BCUT2D eigenvalue weighted by molar-refractivity contribution is 0.551. The summed E-state index contributed by atoms with van der Waals surface area (Å²) < 4.78 is 0. The van der Waals surface area contributed by atoms with Gasteiger partial charge < -0.3 is 5.32 Å². The van der Waals surface area contributed by atoms with Crippen molar-refractivity contribution >= 4 is 11.3 Å². The van der Waals surface area contributed by atoms with Gasteiger partial charge in [0.05, 0.1) is 5.69 Å². The Morgan fingerprint density at radius 3 is 2.61 bits per heavy atom. The van der Waals surface area contributed by atoms with Crippen molar-refractivity contribution in [3.8, 4) is 11.3 Å². The van der Waals surface area contributed by atoms with Crippen LogP contribution in [-0.2, 0) is 6.54 Å². The molecule has 1 N–H and O–H groups in total. The molecule has 0 aliphatic heterocycles. The SMILES string of the molecule is Cc1ccc(-c2csc(CNCC(C)C)n2)cc1. The molecule has 0 saturated heterocycles. The van der Waals surface area contributed by atoms with Crippen LogP contribution in [0.4, 0.5) is 0 Å². The number of aromatic nitrogens is 1. The molecule has 0 spiro atoms. The van der Waals surface area contributed by atoms with E-state index in [1.54, 1.807) is 11.3 Å². The number of hydrogen-bond acceptors (Lipinski definition) is 3. The van der Waals surface area contributed by atoms with Crippen molar-refractivity contribution in [2.75, 3.05) is 6.54 Å². The molecule has 18 heavy (non-hydrogen) atoms. The third kappa shape index (κ3) is 3.65. The van der Waals surface area contributed by atoms with Gasteiger partial charge in [-0.3, -0.25) is 0 Å². The molecule has 1 heterocycles. The fourth-order valence-electron chi connectivity index (χ4n) is 1.72. The van der Waals surface area contributed by atoms with Crippen molar-refractivity contribution in [3.63, 3.8) is 0 Å². The quantitative estimate of drug-likeness (QED) is 0.883. The van der Waals surface area contributed by atoms with Gasteiger partial charge in [0.25, 0.3) is 0 Å². The number of nitrogens with zero attached hydrogens (tertiary/aromatic N) is 1. The van der Waals surface area contributed by atoms with Gasteiger partial charge in [-0.25, -0.2) is 4.98 Å². The van der Waals surface area contributed by atoms with Crippen LogP contribution in [0.5, 0.6) is 0 Å². The normalized spacial score (nSPS) is 11.1. The summed E-state index contributed by atoms with van der Waals surface area (Å²) in [4.78, 5) is 4.66. The highest BCUT2D eigenvalue weighted by atomic mass is 32.1. The molecule has 2 nitrogen and oxygen atoms in total. The zero-order valence-electron chi connectivity index (χ0n) is 11.2. The summed E-state index contributed by atoms with van der Waals surface area (Å²) in [5, 5.41) is 6.72. The van der Waals surface area contributed by atoms with Crippen LogP contribution >= 0.6 is 11.3 Å². The van der Waals surface area contributed by atoms with Crippen LogP contribution < -0.4 is 5.32 Å². The third-order valence-corrected chi connectivity index (χ3v) is 3.58. The molecule has 0 fully saturated rings. The molecule has 1 aromatic heterocycles. The molecule has 0 amide bonds. The molecule has 0 unspecified atom stereocenters. The van der Waals surface area contributed by atoms with Crippen molar-refractivity contribution in [1.29, 1.82) is 0 Å². The smallest absolute Gasteiger partial charge is 0.107 e. The minimum Gasteiger partial charge on any atom is -0.310 e. The Bertz CT molecular complexity index is 485. The average molecular weight is 260 g/mol.